The molecule has 0 unspecified atom stereocenters. The highest BCUT2D eigenvalue weighted by Gasteiger charge is 2.21. The molecular formula is C8H15NO3. The lowest BCUT2D eigenvalue weighted by atomic mass is 10.3. The van der Waals surface area contributed by atoms with E-state index >= 15 is 0 Å². The van der Waals surface area contributed by atoms with E-state index in [2.05, 4.69) is 0 Å². The van der Waals surface area contributed by atoms with Gasteiger partial charge in [0.1, 0.15) is 6.10 Å². The monoisotopic (exact) mass is 173 g/mol. The van der Waals surface area contributed by atoms with Crippen LogP contribution in [0, 0.1) is 0 Å². The van der Waals surface area contributed by atoms with Crippen molar-refractivity contribution in [1.82, 2.24) is 4.90 Å². The maximum atomic E-state index is 11.5. The summed E-state index contributed by atoms with van der Waals surface area (Å²) in [5, 5.41) is 0. The molecule has 12 heavy (non-hydrogen) atoms. The van der Waals surface area contributed by atoms with Crippen LogP contribution in [0.25, 0.3) is 0 Å². The van der Waals surface area contributed by atoms with Gasteiger partial charge in [0, 0.05) is 20.2 Å². The van der Waals surface area contributed by atoms with Gasteiger partial charge in [-0.15, -0.1) is 0 Å². The molecule has 0 spiro atoms. The van der Waals surface area contributed by atoms with Crippen molar-refractivity contribution in [2.45, 2.75) is 13.0 Å². The number of carbonyl (C=O) groups is 1. The lowest BCUT2D eigenvalue weighted by Crippen LogP contribution is -2.45. The molecule has 0 aromatic carbocycles. The molecule has 0 bridgehead atoms. The molecule has 4 heteroatoms. The Kier molecular flexibility index (Phi) is 3.49. The summed E-state index contributed by atoms with van der Waals surface area (Å²) in [6, 6.07) is 0. The van der Waals surface area contributed by atoms with E-state index in [1.54, 1.807) is 18.9 Å². The third-order valence-corrected chi connectivity index (χ3v) is 2.02. The second-order valence-corrected chi connectivity index (χ2v) is 2.82. The number of methoxy groups -OCH3 is 1. The van der Waals surface area contributed by atoms with Crippen molar-refractivity contribution < 1.29 is 14.3 Å². The summed E-state index contributed by atoms with van der Waals surface area (Å²) in [4.78, 5) is 13.2. The average Bonchev–Trinajstić information content (AvgIpc) is 2.17. The van der Waals surface area contributed by atoms with Gasteiger partial charge in [0.25, 0.3) is 5.91 Å². The van der Waals surface area contributed by atoms with Crippen LogP contribution in [0.1, 0.15) is 6.92 Å². The number of ether oxygens (including phenoxy) is 2. The van der Waals surface area contributed by atoms with Gasteiger partial charge in [0.05, 0.1) is 13.2 Å². The van der Waals surface area contributed by atoms with Gasteiger partial charge in [0.15, 0.2) is 0 Å². The lowest BCUT2D eigenvalue weighted by molar-refractivity contribution is -0.144. The van der Waals surface area contributed by atoms with E-state index in [0.717, 1.165) is 0 Å². The highest BCUT2D eigenvalue weighted by atomic mass is 16.5. The minimum Gasteiger partial charge on any atom is -0.378 e. The summed E-state index contributed by atoms with van der Waals surface area (Å²) >= 11 is 0. The van der Waals surface area contributed by atoms with Crippen molar-refractivity contribution in [2.24, 2.45) is 0 Å². The SMILES string of the molecule is CO[C@H](C)C(=O)N1CCOCC1. The molecule has 1 saturated heterocycles. The van der Waals surface area contributed by atoms with Crippen molar-refractivity contribution in [3.8, 4) is 0 Å². The summed E-state index contributed by atoms with van der Waals surface area (Å²) in [5.74, 6) is 0.0563. The fourth-order valence-electron chi connectivity index (χ4n) is 1.14. The molecule has 1 aliphatic heterocycles. The molecule has 4 nitrogen and oxygen atoms in total. The molecule has 1 amide bonds. The molecule has 1 aliphatic rings. The predicted molar refractivity (Wildman–Crippen MR) is 43.9 cm³/mol. The number of nitrogens with zero attached hydrogens (tertiary/aromatic N) is 1. The Morgan fingerprint density at radius 1 is 1.50 bits per heavy atom. The zero-order chi connectivity index (χ0) is 8.97. The molecule has 1 heterocycles. The maximum Gasteiger partial charge on any atom is 0.251 e. The topological polar surface area (TPSA) is 38.8 Å². The lowest BCUT2D eigenvalue weighted by Gasteiger charge is -2.28. The Labute approximate surface area is 72.4 Å². The van der Waals surface area contributed by atoms with E-state index in [9.17, 15) is 4.79 Å². The third-order valence-electron chi connectivity index (χ3n) is 2.02. The van der Waals surface area contributed by atoms with Crippen LogP contribution in [0.5, 0.6) is 0 Å². The first-order valence-electron chi connectivity index (χ1n) is 4.15. The van der Waals surface area contributed by atoms with E-state index in [1.807, 2.05) is 0 Å². The molecule has 0 radical (unpaired) electrons. The summed E-state index contributed by atoms with van der Waals surface area (Å²) in [6.07, 6.45) is -0.330. The second-order valence-electron chi connectivity index (χ2n) is 2.82. The zero-order valence-electron chi connectivity index (χ0n) is 7.58. The van der Waals surface area contributed by atoms with Gasteiger partial charge in [-0.1, -0.05) is 0 Å². The molecule has 0 aromatic rings. The van der Waals surface area contributed by atoms with Crippen LogP contribution in [0.3, 0.4) is 0 Å². The highest BCUT2D eigenvalue weighted by molar-refractivity contribution is 5.80. The number of hydrogen-bond donors (Lipinski definition) is 0. The first-order chi connectivity index (χ1) is 5.75. The maximum absolute atomic E-state index is 11.5. The zero-order valence-corrected chi connectivity index (χ0v) is 7.58. The van der Waals surface area contributed by atoms with Gasteiger partial charge in [-0.2, -0.15) is 0 Å². The Morgan fingerprint density at radius 3 is 2.58 bits per heavy atom. The Morgan fingerprint density at radius 2 is 2.08 bits per heavy atom. The van der Waals surface area contributed by atoms with Crippen LogP contribution < -0.4 is 0 Å². The third kappa shape index (κ3) is 2.19. The van der Waals surface area contributed by atoms with E-state index in [0.29, 0.717) is 26.3 Å². The smallest absolute Gasteiger partial charge is 0.251 e. The van der Waals surface area contributed by atoms with Gasteiger partial charge in [-0.3, -0.25) is 4.79 Å². The van der Waals surface area contributed by atoms with Crippen LogP contribution in [0.2, 0.25) is 0 Å². The van der Waals surface area contributed by atoms with E-state index in [-0.39, 0.29) is 12.0 Å². The molecule has 0 N–H and O–H groups in total. The fraction of sp³-hybridized carbons (Fsp3) is 0.875. The molecular weight excluding hydrogens is 158 g/mol. The largest absolute Gasteiger partial charge is 0.378 e. The van der Waals surface area contributed by atoms with Gasteiger partial charge in [-0.05, 0) is 6.92 Å². The molecule has 1 fully saturated rings. The normalized spacial score (nSPS) is 20.7. The first kappa shape index (κ1) is 9.48. The average molecular weight is 173 g/mol. The fourth-order valence-corrected chi connectivity index (χ4v) is 1.14. The molecule has 0 saturated carbocycles. The van der Waals surface area contributed by atoms with Gasteiger partial charge >= 0.3 is 0 Å². The summed E-state index contributed by atoms with van der Waals surface area (Å²) in [7, 11) is 1.54. The molecule has 0 aromatic heterocycles. The molecule has 1 rings (SSSR count). The number of rotatable bonds is 2. The minimum atomic E-state index is -0.330. The van der Waals surface area contributed by atoms with Crippen LogP contribution in [-0.2, 0) is 14.3 Å². The van der Waals surface area contributed by atoms with Gasteiger partial charge in [0.2, 0.25) is 0 Å². The Balaban J connectivity index is 2.39. The van der Waals surface area contributed by atoms with Crippen LogP contribution in [0.4, 0.5) is 0 Å². The molecule has 1 atom stereocenters. The van der Waals surface area contributed by atoms with Crippen LogP contribution >= 0.6 is 0 Å². The van der Waals surface area contributed by atoms with Crippen molar-refractivity contribution in [3.63, 3.8) is 0 Å². The number of hydrogen-bond acceptors (Lipinski definition) is 3. The predicted octanol–water partition coefficient (Wildman–Crippen LogP) is -0.120. The number of morpholine rings is 1. The number of amides is 1. The van der Waals surface area contributed by atoms with Gasteiger partial charge < -0.3 is 14.4 Å². The van der Waals surface area contributed by atoms with Gasteiger partial charge in [-0.25, -0.2) is 0 Å². The van der Waals surface area contributed by atoms with E-state index in [1.165, 1.54) is 0 Å². The second kappa shape index (κ2) is 4.42. The molecule has 70 valence electrons. The van der Waals surface area contributed by atoms with Crippen molar-refractivity contribution >= 4 is 5.91 Å². The van der Waals surface area contributed by atoms with E-state index < -0.39 is 0 Å². The molecule has 0 aliphatic carbocycles. The summed E-state index contributed by atoms with van der Waals surface area (Å²) in [5.41, 5.74) is 0. The minimum absolute atomic E-state index is 0.0563. The standard InChI is InChI=1S/C8H15NO3/c1-7(11-2)8(10)9-3-5-12-6-4-9/h7H,3-6H2,1-2H3/t7-/m1/s1. The highest BCUT2D eigenvalue weighted by Crippen LogP contribution is 2.01. The quantitative estimate of drug-likeness (QED) is 0.584. The van der Waals surface area contributed by atoms with Crippen molar-refractivity contribution in [3.05, 3.63) is 0 Å². The number of carbonyl (C=O) groups excluding carboxylic acids is 1. The Hall–Kier alpha value is -0.610. The van der Waals surface area contributed by atoms with Crippen molar-refractivity contribution in [2.75, 3.05) is 33.4 Å². The van der Waals surface area contributed by atoms with E-state index in [4.69, 9.17) is 9.47 Å². The summed E-state index contributed by atoms with van der Waals surface area (Å²) < 4.78 is 10.1. The summed E-state index contributed by atoms with van der Waals surface area (Å²) in [6.45, 7) is 4.42. The Bertz CT molecular complexity index is 154. The van der Waals surface area contributed by atoms with Crippen molar-refractivity contribution in [1.29, 1.82) is 0 Å². The van der Waals surface area contributed by atoms with Crippen LogP contribution in [0.15, 0.2) is 0 Å². The first-order valence-corrected chi connectivity index (χ1v) is 4.15. The van der Waals surface area contributed by atoms with Crippen LogP contribution in [-0.4, -0.2) is 50.3 Å².